The van der Waals surface area contributed by atoms with Gasteiger partial charge in [0.1, 0.15) is 5.82 Å². The molecule has 0 N–H and O–H groups in total. The summed E-state index contributed by atoms with van der Waals surface area (Å²) in [6.07, 6.45) is 0.402. The number of esters is 1. The predicted molar refractivity (Wildman–Crippen MR) is 102 cm³/mol. The van der Waals surface area contributed by atoms with E-state index in [0.29, 0.717) is 23.2 Å². The van der Waals surface area contributed by atoms with Gasteiger partial charge in [0.2, 0.25) is 5.78 Å². The minimum Gasteiger partial charge on any atom is -0.457 e. The normalized spacial score (nSPS) is 18.2. The fourth-order valence-electron chi connectivity index (χ4n) is 3.69. The van der Waals surface area contributed by atoms with E-state index in [4.69, 9.17) is 4.74 Å². The van der Waals surface area contributed by atoms with Crippen LogP contribution in [0.15, 0.2) is 30.3 Å². The van der Waals surface area contributed by atoms with Crippen LogP contribution in [0.2, 0.25) is 0 Å². The van der Waals surface area contributed by atoms with Crippen molar-refractivity contribution in [3.05, 3.63) is 58.7 Å². The van der Waals surface area contributed by atoms with Gasteiger partial charge in [-0.1, -0.05) is 12.1 Å². The van der Waals surface area contributed by atoms with Crippen LogP contribution < -0.4 is 0 Å². The molecule has 1 saturated heterocycles. The Bertz CT molecular complexity index is 1030. The number of hydrogen-bond acceptors (Lipinski definition) is 5. The van der Waals surface area contributed by atoms with E-state index in [1.54, 1.807) is 19.1 Å². The van der Waals surface area contributed by atoms with Crippen molar-refractivity contribution in [2.45, 2.75) is 32.7 Å². The number of halogens is 1. The molecule has 8 heteroatoms. The number of aromatic nitrogens is 1. The van der Waals surface area contributed by atoms with Gasteiger partial charge < -0.3 is 9.30 Å². The lowest BCUT2D eigenvalue weighted by Gasteiger charge is -2.16. The number of ketones is 1. The van der Waals surface area contributed by atoms with E-state index >= 15 is 0 Å². The fourth-order valence-corrected chi connectivity index (χ4v) is 5.39. The van der Waals surface area contributed by atoms with Crippen LogP contribution in [0.3, 0.4) is 0 Å². The Kier molecular flexibility index (Phi) is 5.69. The first kappa shape index (κ1) is 20.3. The zero-order valence-electron chi connectivity index (χ0n) is 15.8. The number of aryl methyl sites for hydroxylation is 1. The van der Waals surface area contributed by atoms with Crippen molar-refractivity contribution in [2.75, 3.05) is 18.1 Å². The predicted octanol–water partition coefficient (Wildman–Crippen LogP) is 2.57. The van der Waals surface area contributed by atoms with Gasteiger partial charge in [-0.25, -0.2) is 12.8 Å². The Balaban J connectivity index is 1.65. The van der Waals surface area contributed by atoms with Crippen LogP contribution in [0.1, 0.15) is 39.8 Å². The fraction of sp³-hybridized carbons (Fsp3) is 0.400. The van der Waals surface area contributed by atoms with E-state index in [1.165, 1.54) is 18.2 Å². The quantitative estimate of drug-likeness (QED) is 0.543. The average Bonchev–Trinajstić information content (AvgIpc) is 3.11. The standard InChI is InChI=1S/C20H22FNO5S/c1-13-8-18(14(2)22(13)17-6-7-28(25,26)12-17)19(23)11-27-20(24)10-15-4-3-5-16(21)9-15/h3-5,8-9,17H,6-7,10-12H2,1-2H3/t17-/m0/s1. The molecule has 6 nitrogen and oxygen atoms in total. The summed E-state index contributed by atoms with van der Waals surface area (Å²) in [5, 5.41) is 0. The van der Waals surface area contributed by atoms with Crippen LogP contribution >= 0.6 is 0 Å². The minimum atomic E-state index is -3.04. The molecule has 1 fully saturated rings. The average molecular weight is 407 g/mol. The van der Waals surface area contributed by atoms with Gasteiger partial charge in [0.15, 0.2) is 16.4 Å². The molecule has 1 aromatic carbocycles. The summed E-state index contributed by atoms with van der Waals surface area (Å²) in [5.74, 6) is -1.19. The highest BCUT2D eigenvalue weighted by molar-refractivity contribution is 7.91. The lowest BCUT2D eigenvalue weighted by Crippen LogP contribution is -2.17. The number of carbonyl (C=O) groups is 2. The van der Waals surface area contributed by atoms with E-state index < -0.39 is 28.2 Å². The lowest BCUT2D eigenvalue weighted by atomic mass is 10.1. The molecule has 2 heterocycles. The summed E-state index contributed by atoms with van der Waals surface area (Å²) in [6.45, 7) is 3.17. The van der Waals surface area contributed by atoms with Crippen LogP contribution in [-0.4, -0.2) is 42.9 Å². The Labute approximate surface area is 163 Å². The Morgan fingerprint density at radius 1 is 1.25 bits per heavy atom. The number of sulfone groups is 1. The van der Waals surface area contributed by atoms with Gasteiger partial charge in [0.25, 0.3) is 0 Å². The van der Waals surface area contributed by atoms with Gasteiger partial charge >= 0.3 is 5.97 Å². The highest BCUT2D eigenvalue weighted by Crippen LogP contribution is 2.29. The summed E-state index contributed by atoms with van der Waals surface area (Å²) >= 11 is 0. The van der Waals surface area contributed by atoms with Crippen LogP contribution in [0, 0.1) is 19.7 Å². The van der Waals surface area contributed by atoms with Crippen molar-refractivity contribution in [2.24, 2.45) is 0 Å². The van der Waals surface area contributed by atoms with Gasteiger partial charge in [0.05, 0.1) is 17.9 Å². The Morgan fingerprint density at radius 3 is 2.64 bits per heavy atom. The van der Waals surface area contributed by atoms with Gasteiger partial charge in [-0.3, -0.25) is 9.59 Å². The smallest absolute Gasteiger partial charge is 0.310 e. The van der Waals surface area contributed by atoms with E-state index in [0.717, 1.165) is 5.69 Å². The van der Waals surface area contributed by atoms with Crippen molar-refractivity contribution >= 4 is 21.6 Å². The number of carbonyl (C=O) groups excluding carboxylic acids is 2. The first-order valence-electron chi connectivity index (χ1n) is 8.98. The van der Waals surface area contributed by atoms with E-state index in [-0.39, 0.29) is 29.8 Å². The maximum absolute atomic E-state index is 13.2. The summed E-state index contributed by atoms with van der Waals surface area (Å²) in [6, 6.07) is 7.15. The van der Waals surface area contributed by atoms with Crippen LogP contribution in [0.25, 0.3) is 0 Å². The van der Waals surface area contributed by atoms with Crippen LogP contribution in [0.4, 0.5) is 4.39 Å². The van der Waals surface area contributed by atoms with Crippen molar-refractivity contribution in [3.63, 3.8) is 0 Å². The Morgan fingerprint density at radius 2 is 2.00 bits per heavy atom. The molecule has 0 bridgehead atoms. The van der Waals surface area contributed by atoms with Gasteiger partial charge in [-0.2, -0.15) is 0 Å². The lowest BCUT2D eigenvalue weighted by molar-refractivity contribution is -0.141. The third-order valence-corrected chi connectivity index (χ3v) is 6.71. The van der Waals surface area contributed by atoms with Gasteiger partial charge in [0, 0.05) is 23.0 Å². The summed E-state index contributed by atoms with van der Waals surface area (Å²) in [4.78, 5) is 24.4. The van der Waals surface area contributed by atoms with E-state index in [2.05, 4.69) is 0 Å². The molecule has 0 saturated carbocycles. The second kappa shape index (κ2) is 7.87. The molecule has 2 aromatic rings. The maximum atomic E-state index is 13.2. The molecular formula is C20H22FNO5S. The molecule has 28 heavy (non-hydrogen) atoms. The van der Waals surface area contributed by atoms with Gasteiger partial charge in [-0.15, -0.1) is 0 Å². The first-order chi connectivity index (χ1) is 13.2. The van der Waals surface area contributed by atoms with Crippen molar-refractivity contribution in [1.82, 2.24) is 4.57 Å². The Hall–Kier alpha value is -2.48. The van der Waals surface area contributed by atoms with Crippen LogP contribution in [-0.2, 0) is 25.8 Å². The number of hydrogen-bond donors (Lipinski definition) is 0. The maximum Gasteiger partial charge on any atom is 0.310 e. The zero-order valence-corrected chi connectivity index (χ0v) is 16.6. The number of rotatable bonds is 6. The number of benzene rings is 1. The zero-order chi connectivity index (χ0) is 20.5. The molecule has 1 aromatic heterocycles. The number of ether oxygens (including phenoxy) is 1. The molecule has 1 aliphatic rings. The summed E-state index contributed by atoms with van der Waals surface area (Å²) in [7, 11) is -3.04. The third-order valence-electron chi connectivity index (χ3n) is 4.96. The molecule has 0 spiro atoms. The molecule has 0 aliphatic carbocycles. The molecule has 1 atom stereocenters. The highest BCUT2D eigenvalue weighted by atomic mass is 32.2. The SMILES string of the molecule is Cc1cc(C(=O)COC(=O)Cc2cccc(F)c2)c(C)n1[C@H]1CCS(=O)(=O)C1. The molecule has 0 unspecified atom stereocenters. The van der Waals surface area contributed by atoms with Crippen LogP contribution in [0.5, 0.6) is 0 Å². The molecule has 0 amide bonds. The van der Waals surface area contributed by atoms with E-state index in [9.17, 15) is 22.4 Å². The third kappa shape index (κ3) is 4.49. The van der Waals surface area contributed by atoms with E-state index in [1.807, 2.05) is 11.5 Å². The summed E-state index contributed by atoms with van der Waals surface area (Å²) in [5.41, 5.74) is 2.36. The largest absolute Gasteiger partial charge is 0.457 e. The van der Waals surface area contributed by atoms with Crippen molar-refractivity contribution < 1.29 is 27.1 Å². The first-order valence-corrected chi connectivity index (χ1v) is 10.8. The number of nitrogens with zero attached hydrogens (tertiary/aromatic N) is 1. The summed E-state index contributed by atoms with van der Waals surface area (Å²) < 4.78 is 43.6. The molecule has 0 radical (unpaired) electrons. The topological polar surface area (TPSA) is 82.4 Å². The molecular weight excluding hydrogens is 385 g/mol. The second-order valence-corrected chi connectivity index (χ2v) is 9.33. The molecule has 1 aliphatic heterocycles. The van der Waals surface area contributed by atoms with Crippen molar-refractivity contribution in [3.8, 4) is 0 Å². The molecule has 150 valence electrons. The van der Waals surface area contributed by atoms with Crippen molar-refractivity contribution in [1.29, 1.82) is 0 Å². The number of Topliss-reactive ketones (excluding diaryl/α,β-unsaturated/α-hetero) is 1. The monoisotopic (exact) mass is 407 g/mol. The van der Waals surface area contributed by atoms with Gasteiger partial charge in [-0.05, 0) is 44.0 Å². The molecule has 3 rings (SSSR count). The second-order valence-electron chi connectivity index (χ2n) is 7.10. The highest BCUT2D eigenvalue weighted by Gasteiger charge is 2.31. The minimum absolute atomic E-state index is 0.0691.